The van der Waals surface area contributed by atoms with Gasteiger partial charge in [-0.3, -0.25) is 0 Å². The van der Waals surface area contributed by atoms with Gasteiger partial charge in [-0.1, -0.05) is 13.8 Å². The Morgan fingerprint density at radius 2 is 1.79 bits per heavy atom. The molecular formula is C14H19F3N2. The van der Waals surface area contributed by atoms with Gasteiger partial charge in [0.15, 0.2) is 0 Å². The minimum Gasteiger partial charge on any atom is -0.367 e. The maximum Gasteiger partial charge on any atom is 0.419 e. The van der Waals surface area contributed by atoms with Gasteiger partial charge >= 0.3 is 6.18 Å². The molecule has 1 heterocycles. The number of anilines is 1. The summed E-state index contributed by atoms with van der Waals surface area (Å²) in [6, 6.07) is 2.47. The van der Waals surface area contributed by atoms with Gasteiger partial charge in [-0.05, 0) is 43.2 Å². The second-order valence-corrected chi connectivity index (χ2v) is 5.66. The van der Waals surface area contributed by atoms with E-state index < -0.39 is 11.7 Å². The van der Waals surface area contributed by atoms with Gasteiger partial charge in [0.2, 0.25) is 0 Å². The third-order valence-corrected chi connectivity index (χ3v) is 3.63. The average Bonchev–Trinajstić information content (AvgIpc) is 2.26. The third kappa shape index (κ3) is 3.61. The smallest absolute Gasteiger partial charge is 0.367 e. The van der Waals surface area contributed by atoms with Crippen molar-refractivity contribution in [1.82, 2.24) is 4.98 Å². The number of alkyl halides is 3. The molecule has 1 aliphatic carbocycles. The Labute approximate surface area is 111 Å². The van der Waals surface area contributed by atoms with E-state index in [0.717, 1.165) is 25.3 Å². The van der Waals surface area contributed by atoms with Gasteiger partial charge in [-0.25, -0.2) is 4.98 Å². The predicted molar refractivity (Wildman–Crippen MR) is 68.8 cm³/mol. The van der Waals surface area contributed by atoms with E-state index in [4.69, 9.17) is 0 Å². The maximum atomic E-state index is 12.9. The zero-order chi connectivity index (χ0) is 14.0. The molecule has 5 heteroatoms. The highest BCUT2D eigenvalue weighted by Crippen LogP contribution is 2.36. The molecule has 1 aromatic rings. The first-order valence-electron chi connectivity index (χ1n) is 6.65. The van der Waals surface area contributed by atoms with Gasteiger partial charge in [0.25, 0.3) is 0 Å². The number of nitrogens with zero attached hydrogens (tertiary/aromatic N) is 1. The summed E-state index contributed by atoms with van der Waals surface area (Å²) in [7, 11) is 0. The summed E-state index contributed by atoms with van der Waals surface area (Å²) in [6.45, 7) is 4.29. The van der Waals surface area contributed by atoms with E-state index in [1.165, 1.54) is 12.3 Å². The molecule has 1 saturated carbocycles. The summed E-state index contributed by atoms with van der Waals surface area (Å²) in [5.41, 5.74) is -0.680. The Morgan fingerprint density at radius 3 is 2.37 bits per heavy atom. The number of nitrogens with one attached hydrogen (secondary N) is 1. The lowest BCUT2D eigenvalue weighted by Gasteiger charge is -2.32. The van der Waals surface area contributed by atoms with E-state index in [1.807, 2.05) is 0 Å². The Balaban J connectivity index is 2.15. The molecule has 0 bridgehead atoms. The first-order chi connectivity index (χ1) is 8.86. The van der Waals surface area contributed by atoms with E-state index >= 15 is 0 Å². The van der Waals surface area contributed by atoms with E-state index in [-0.39, 0.29) is 11.9 Å². The first-order valence-corrected chi connectivity index (χ1v) is 6.65. The van der Waals surface area contributed by atoms with E-state index in [2.05, 4.69) is 24.1 Å². The van der Waals surface area contributed by atoms with Crippen LogP contribution in [0.2, 0.25) is 0 Å². The molecule has 1 fully saturated rings. The topological polar surface area (TPSA) is 24.9 Å². The fraction of sp³-hybridized carbons (Fsp3) is 0.643. The third-order valence-electron chi connectivity index (χ3n) is 3.63. The van der Waals surface area contributed by atoms with Crippen molar-refractivity contribution in [2.45, 2.75) is 45.3 Å². The lowest BCUT2D eigenvalue weighted by molar-refractivity contribution is -0.137. The van der Waals surface area contributed by atoms with Crippen LogP contribution >= 0.6 is 0 Å². The molecule has 0 saturated heterocycles. The first kappa shape index (κ1) is 14.2. The zero-order valence-electron chi connectivity index (χ0n) is 11.2. The van der Waals surface area contributed by atoms with E-state index in [9.17, 15) is 13.2 Å². The molecule has 1 aliphatic rings. The predicted octanol–water partition coefficient (Wildman–Crippen LogP) is 4.34. The molecule has 19 heavy (non-hydrogen) atoms. The standard InChI is InChI=1S/C14H19F3N2/c1-9-6-10(2)8-11(7-9)19-13-12(14(15,16)17)4-3-5-18-13/h3-5,9-11H,6-8H2,1-2H3,(H,18,19). The van der Waals surface area contributed by atoms with Gasteiger partial charge in [0, 0.05) is 12.2 Å². The lowest BCUT2D eigenvalue weighted by atomic mass is 9.80. The Hall–Kier alpha value is -1.26. The molecule has 2 atom stereocenters. The summed E-state index contributed by atoms with van der Waals surface area (Å²) in [5.74, 6) is 1.04. The van der Waals surface area contributed by atoms with Crippen molar-refractivity contribution in [3.8, 4) is 0 Å². The van der Waals surface area contributed by atoms with Crippen LogP contribution in [0.1, 0.15) is 38.7 Å². The fourth-order valence-electron chi connectivity index (χ4n) is 3.01. The maximum absolute atomic E-state index is 12.9. The molecule has 0 spiro atoms. The number of halogens is 3. The van der Waals surface area contributed by atoms with Gasteiger partial charge in [0.05, 0.1) is 5.56 Å². The van der Waals surface area contributed by atoms with Crippen molar-refractivity contribution in [3.05, 3.63) is 23.9 Å². The van der Waals surface area contributed by atoms with Crippen molar-refractivity contribution < 1.29 is 13.2 Å². The van der Waals surface area contributed by atoms with E-state index in [0.29, 0.717) is 11.8 Å². The summed E-state index contributed by atoms with van der Waals surface area (Å²) in [6.07, 6.45) is -0.0152. The van der Waals surface area contributed by atoms with Crippen LogP contribution < -0.4 is 5.32 Å². The molecule has 0 aromatic carbocycles. The largest absolute Gasteiger partial charge is 0.419 e. The Bertz CT molecular complexity index is 421. The molecule has 2 rings (SSSR count). The molecule has 106 valence electrons. The molecule has 0 aliphatic heterocycles. The zero-order valence-corrected chi connectivity index (χ0v) is 11.2. The Morgan fingerprint density at radius 1 is 1.16 bits per heavy atom. The quantitative estimate of drug-likeness (QED) is 0.866. The van der Waals surface area contributed by atoms with E-state index in [1.54, 1.807) is 0 Å². The highest BCUT2D eigenvalue weighted by atomic mass is 19.4. The highest BCUT2D eigenvalue weighted by molar-refractivity contribution is 5.46. The molecular weight excluding hydrogens is 253 g/mol. The molecule has 0 radical (unpaired) electrons. The van der Waals surface area contributed by atoms with Crippen LogP contribution in [-0.2, 0) is 6.18 Å². The van der Waals surface area contributed by atoms with Crippen LogP contribution in [0.25, 0.3) is 0 Å². The van der Waals surface area contributed by atoms with Crippen molar-refractivity contribution in [2.24, 2.45) is 11.8 Å². The monoisotopic (exact) mass is 272 g/mol. The second kappa shape index (κ2) is 5.39. The van der Waals surface area contributed by atoms with Crippen LogP contribution in [-0.4, -0.2) is 11.0 Å². The number of aromatic nitrogens is 1. The number of rotatable bonds is 2. The normalized spacial score (nSPS) is 28.2. The van der Waals surface area contributed by atoms with Gasteiger partial charge in [-0.15, -0.1) is 0 Å². The van der Waals surface area contributed by atoms with Crippen molar-refractivity contribution in [2.75, 3.05) is 5.32 Å². The fourth-order valence-corrected chi connectivity index (χ4v) is 3.01. The van der Waals surface area contributed by atoms with Crippen molar-refractivity contribution in [1.29, 1.82) is 0 Å². The summed E-state index contributed by atoms with van der Waals surface area (Å²) < 4.78 is 38.6. The van der Waals surface area contributed by atoms with Gasteiger partial charge in [0.1, 0.15) is 5.82 Å². The van der Waals surface area contributed by atoms with Crippen LogP contribution in [0, 0.1) is 11.8 Å². The number of hydrogen-bond acceptors (Lipinski definition) is 2. The molecule has 1 aromatic heterocycles. The summed E-state index contributed by atoms with van der Waals surface area (Å²) in [5, 5.41) is 2.99. The van der Waals surface area contributed by atoms with Crippen molar-refractivity contribution >= 4 is 5.82 Å². The average molecular weight is 272 g/mol. The second-order valence-electron chi connectivity index (χ2n) is 5.66. The van der Waals surface area contributed by atoms with Gasteiger partial charge < -0.3 is 5.32 Å². The SMILES string of the molecule is CC1CC(C)CC(Nc2ncccc2C(F)(F)F)C1. The summed E-state index contributed by atoms with van der Waals surface area (Å²) >= 11 is 0. The molecule has 2 unspecified atom stereocenters. The minimum absolute atomic E-state index is 0.0405. The van der Waals surface area contributed by atoms with Crippen LogP contribution in [0.15, 0.2) is 18.3 Å². The highest BCUT2D eigenvalue weighted by Gasteiger charge is 2.35. The summed E-state index contributed by atoms with van der Waals surface area (Å²) in [4.78, 5) is 3.86. The minimum atomic E-state index is -4.36. The van der Waals surface area contributed by atoms with Crippen LogP contribution in [0.4, 0.5) is 19.0 Å². The van der Waals surface area contributed by atoms with Crippen molar-refractivity contribution in [3.63, 3.8) is 0 Å². The van der Waals surface area contributed by atoms with Gasteiger partial charge in [-0.2, -0.15) is 13.2 Å². The Kier molecular flexibility index (Phi) is 4.02. The molecule has 1 N–H and O–H groups in total. The number of hydrogen-bond donors (Lipinski definition) is 1. The molecule has 2 nitrogen and oxygen atoms in total. The molecule has 0 amide bonds. The van der Waals surface area contributed by atoms with Crippen LogP contribution in [0.3, 0.4) is 0 Å². The number of pyridine rings is 1. The van der Waals surface area contributed by atoms with Crippen LogP contribution in [0.5, 0.6) is 0 Å². The lowest BCUT2D eigenvalue weighted by Crippen LogP contribution is -2.31.